The number of thiophene rings is 1. The van der Waals surface area contributed by atoms with E-state index in [-0.39, 0.29) is 16.8 Å². The molecule has 1 saturated heterocycles. The quantitative estimate of drug-likeness (QED) is 0.369. The van der Waals surface area contributed by atoms with Gasteiger partial charge in [-0.25, -0.2) is 4.98 Å². The van der Waals surface area contributed by atoms with Crippen LogP contribution in [0.2, 0.25) is 0 Å². The summed E-state index contributed by atoms with van der Waals surface area (Å²) in [5, 5.41) is 0.858. The van der Waals surface area contributed by atoms with Gasteiger partial charge in [-0.05, 0) is 18.1 Å². The number of esters is 1. The van der Waals surface area contributed by atoms with Gasteiger partial charge in [0.2, 0.25) is 0 Å². The maximum Gasteiger partial charge on any atom is 0.319 e. The van der Waals surface area contributed by atoms with Gasteiger partial charge in [-0.1, -0.05) is 48.2 Å². The number of ether oxygens (including phenoxy) is 1. The monoisotopic (exact) mass is 398 g/mol. The average Bonchev–Trinajstić information content (AvgIpc) is 3.22. The number of cyclic esters (lactones) is 1. The first-order valence-electron chi connectivity index (χ1n) is 8.63. The summed E-state index contributed by atoms with van der Waals surface area (Å²) in [6.07, 6.45) is 2.30. The highest BCUT2D eigenvalue weighted by atomic mass is 32.2. The number of hydrogen-bond donors (Lipinski definition) is 0. The van der Waals surface area contributed by atoms with Gasteiger partial charge < -0.3 is 4.74 Å². The van der Waals surface area contributed by atoms with Crippen LogP contribution in [-0.2, 0) is 16.1 Å². The smallest absolute Gasteiger partial charge is 0.319 e. The number of allylic oxidation sites excluding steroid dienone is 1. The van der Waals surface area contributed by atoms with Crippen LogP contribution < -0.4 is 5.56 Å². The van der Waals surface area contributed by atoms with E-state index in [1.165, 1.54) is 23.1 Å². The number of hydrogen-bond acceptors (Lipinski definition) is 6. The Labute approximate surface area is 164 Å². The van der Waals surface area contributed by atoms with E-state index in [9.17, 15) is 9.59 Å². The molecule has 1 atom stereocenters. The van der Waals surface area contributed by atoms with Crippen LogP contribution in [-0.4, -0.2) is 27.4 Å². The molecule has 138 valence electrons. The Morgan fingerprint density at radius 3 is 2.81 bits per heavy atom. The molecule has 27 heavy (non-hydrogen) atoms. The summed E-state index contributed by atoms with van der Waals surface area (Å²) >= 11 is 2.81. The highest BCUT2D eigenvalue weighted by molar-refractivity contribution is 8.00. The number of aryl methyl sites for hydroxylation is 1. The summed E-state index contributed by atoms with van der Waals surface area (Å²) in [6, 6.07) is 10.00. The molecule has 3 heterocycles. The van der Waals surface area contributed by atoms with Gasteiger partial charge in [-0.2, -0.15) is 0 Å². The summed E-state index contributed by atoms with van der Waals surface area (Å²) < 4.78 is 6.64. The molecule has 2 aromatic heterocycles. The molecule has 5 nitrogen and oxygen atoms in total. The SMILES string of the molecule is C=CCn1c(S[C@H]2CCOC2=O)nc2sc(-c3ccccc3)c(C)c2c1=O. The van der Waals surface area contributed by atoms with E-state index in [4.69, 9.17) is 9.72 Å². The molecule has 1 aromatic carbocycles. The minimum atomic E-state index is -0.319. The first-order valence-corrected chi connectivity index (χ1v) is 10.3. The largest absolute Gasteiger partial charge is 0.465 e. The Kier molecular flexibility index (Phi) is 4.88. The first kappa shape index (κ1) is 18.0. The summed E-state index contributed by atoms with van der Waals surface area (Å²) in [5.74, 6) is -0.244. The van der Waals surface area contributed by atoms with Crippen LogP contribution in [0.3, 0.4) is 0 Å². The van der Waals surface area contributed by atoms with Crippen molar-refractivity contribution in [1.29, 1.82) is 0 Å². The van der Waals surface area contributed by atoms with Crippen LogP contribution in [0.4, 0.5) is 0 Å². The molecule has 0 N–H and O–H groups in total. The van der Waals surface area contributed by atoms with Crippen molar-refractivity contribution in [3.8, 4) is 10.4 Å². The average molecular weight is 399 g/mol. The van der Waals surface area contributed by atoms with Crippen molar-refractivity contribution in [2.75, 3.05) is 6.61 Å². The van der Waals surface area contributed by atoms with Crippen molar-refractivity contribution in [3.05, 3.63) is 58.9 Å². The fraction of sp³-hybridized carbons (Fsp3) is 0.250. The molecule has 0 unspecified atom stereocenters. The van der Waals surface area contributed by atoms with Gasteiger partial charge in [0, 0.05) is 17.8 Å². The van der Waals surface area contributed by atoms with Crippen molar-refractivity contribution in [3.63, 3.8) is 0 Å². The van der Waals surface area contributed by atoms with E-state index >= 15 is 0 Å². The second-order valence-electron chi connectivity index (χ2n) is 6.26. The molecule has 4 rings (SSSR count). The zero-order valence-electron chi connectivity index (χ0n) is 14.8. The normalized spacial score (nSPS) is 16.6. The molecule has 0 spiro atoms. The van der Waals surface area contributed by atoms with Gasteiger partial charge in [-0.15, -0.1) is 17.9 Å². The third-order valence-corrected chi connectivity index (χ3v) is 6.97. The van der Waals surface area contributed by atoms with Crippen molar-refractivity contribution < 1.29 is 9.53 Å². The minimum absolute atomic E-state index is 0.0929. The van der Waals surface area contributed by atoms with Crippen LogP contribution in [0, 0.1) is 6.92 Å². The van der Waals surface area contributed by atoms with E-state index in [1.807, 2.05) is 37.3 Å². The number of aromatic nitrogens is 2. The van der Waals surface area contributed by atoms with E-state index < -0.39 is 0 Å². The second-order valence-corrected chi connectivity index (χ2v) is 8.43. The van der Waals surface area contributed by atoms with Gasteiger partial charge in [0.05, 0.1) is 12.0 Å². The van der Waals surface area contributed by atoms with E-state index in [0.717, 1.165) is 16.0 Å². The Bertz CT molecular complexity index is 1090. The number of nitrogens with zero attached hydrogens (tertiary/aromatic N) is 2. The predicted molar refractivity (Wildman–Crippen MR) is 109 cm³/mol. The van der Waals surface area contributed by atoms with Gasteiger partial charge >= 0.3 is 5.97 Å². The molecule has 1 aliphatic heterocycles. The standard InChI is InChI=1S/C20H18N2O3S2/c1-3-10-22-18(23)15-12(2)16(13-7-5-4-6-8-13)27-17(15)21-20(22)26-14-9-11-25-19(14)24/h3-8,14H,1,9-11H2,2H3/t14-/m0/s1. The lowest BCUT2D eigenvalue weighted by atomic mass is 10.1. The molecule has 0 amide bonds. The fourth-order valence-corrected chi connectivity index (χ4v) is 5.45. The number of benzene rings is 1. The highest BCUT2D eigenvalue weighted by Gasteiger charge is 2.30. The highest BCUT2D eigenvalue weighted by Crippen LogP contribution is 2.37. The van der Waals surface area contributed by atoms with Crippen LogP contribution in [0.1, 0.15) is 12.0 Å². The Morgan fingerprint density at radius 1 is 1.37 bits per heavy atom. The zero-order chi connectivity index (χ0) is 19.0. The van der Waals surface area contributed by atoms with E-state index in [2.05, 4.69) is 6.58 Å². The van der Waals surface area contributed by atoms with E-state index in [1.54, 1.807) is 10.6 Å². The molecule has 1 fully saturated rings. The summed E-state index contributed by atoms with van der Waals surface area (Å²) in [6.45, 7) is 6.48. The lowest BCUT2D eigenvalue weighted by molar-refractivity contribution is -0.137. The molecule has 0 aliphatic carbocycles. The number of carbonyl (C=O) groups excluding carboxylic acids is 1. The maximum absolute atomic E-state index is 13.2. The summed E-state index contributed by atoms with van der Waals surface area (Å²) in [5.41, 5.74) is 1.92. The van der Waals surface area contributed by atoms with Crippen LogP contribution in [0.15, 0.2) is 52.9 Å². The van der Waals surface area contributed by atoms with Crippen molar-refractivity contribution >= 4 is 39.3 Å². The Balaban J connectivity index is 1.88. The van der Waals surface area contributed by atoms with Gasteiger partial charge in [0.15, 0.2) is 5.16 Å². The van der Waals surface area contributed by atoms with Crippen LogP contribution >= 0.6 is 23.1 Å². The number of rotatable bonds is 5. The lowest BCUT2D eigenvalue weighted by Crippen LogP contribution is -2.24. The molecule has 0 radical (unpaired) electrons. The topological polar surface area (TPSA) is 61.2 Å². The molecule has 1 aliphatic rings. The second kappa shape index (κ2) is 7.32. The van der Waals surface area contributed by atoms with Crippen molar-refractivity contribution in [2.45, 2.75) is 30.3 Å². The van der Waals surface area contributed by atoms with Crippen LogP contribution in [0.5, 0.6) is 0 Å². The Morgan fingerprint density at radius 2 is 2.15 bits per heavy atom. The number of carbonyl (C=O) groups is 1. The summed E-state index contributed by atoms with van der Waals surface area (Å²) in [4.78, 5) is 31.6. The van der Waals surface area contributed by atoms with Crippen LogP contribution in [0.25, 0.3) is 20.7 Å². The van der Waals surface area contributed by atoms with Crippen molar-refractivity contribution in [1.82, 2.24) is 9.55 Å². The molecule has 3 aromatic rings. The van der Waals surface area contributed by atoms with Gasteiger partial charge in [0.1, 0.15) is 10.1 Å². The van der Waals surface area contributed by atoms with Gasteiger partial charge in [-0.3, -0.25) is 14.2 Å². The Hall–Kier alpha value is -2.38. The predicted octanol–water partition coefficient (Wildman–Crippen LogP) is 4.03. The summed E-state index contributed by atoms with van der Waals surface area (Å²) in [7, 11) is 0. The zero-order valence-corrected chi connectivity index (χ0v) is 16.4. The number of fused-ring (bicyclic) bond motifs is 1. The fourth-order valence-electron chi connectivity index (χ4n) is 3.15. The number of thioether (sulfide) groups is 1. The van der Waals surface area contributed by atoms with Crippen molar-refractivity contribution in [2.24, 2.45) is 0 Å². The first-order chi connectivity index (χ1) is 13.1. The third kappa shape index (κ3) is 3.21. The van der Waals surface area contributed by atoms with Gasteiger partial charge in [0.25, 0.3) is 5.56 Å². The maximum atomic E-state index is 13.2. The lowest BCUT2D eigenvalue weighted by Gasteiger charge is -2.12. The molecule has 0 saturated carbocycles. The van der Waals surface area contributed by atoms with E-state index in [0.29, 0.717) is 34.9 Å². The molecular formula is C20H18N2O3S2. The minimum Gasteiger partial charge on any atom is -0.465 e. The molecular weight excluding hydrogens is 380 g/mol. The molecule has 7 heteroatoms. The third-order valence-electron chi connectivity index (χ3n) is 4.50. The molecule has 0 bridgehead atoms.